The Morgan fingerprint density at radius 2 is 2.05 bits per heavy atom. The Morgan fingerprint density at radius 1 is 1.29 bits per heavy atom. The first-order valence-electron chi connectivity index (χ1n) is 6.28. The molecule has 3 N–H and O–H groups in total. The molecule has 0 saturated carbocycles. The number of aryl methyl sites for hydroxylation is 1. The van der Waals surface area contributed by atoms with E-state index in [0.717, 1.165) is 10.1 Å². The number of carbonyl (C=O) groups is 1. The van der Waals surface area contributed by atoms with Crippen LogP contribution in [0, 0.1) is 6.92 Å². The molecule has 106 valence electrons. The van der Waals surface area contributed by atoms with Crippen molar-refractivity contribution in [3.63, 3.8) is 0 Å². The zero-order chi connectivity index (χ0) is 15.1. The number of halogens is 1. The van der Waals surface area contributed by atoms with Gasteiger partial charge in [0.1, 0.15) is 0 Å². The molecular formula is C15H12ClN3O2. The average Bonchev–Trinajstić information content (AvgIpc) is 2.74. The van der Waals surface area contributed by atoms with Gasteiger partial charge in [0.15, 0.2) is 0 Å². The number of carbonyl (C=O) groups excluding carboxylic acids is 1. The van der Waals surface area contributed by atoms with Crippen LogP contribution < -0.4 is 11.4 Å². The monoisotopic (exact) mass is 301 g/mol. The van der Waals surface area contributed by atoms with Gasteiger partial charge in [0, 0.05) is 16.3 Å². The van der Waals surface area contributed by atoms with Crippen molar-refractivity contribution in [3.8, 4) is 0 Å². The quantitative estimate of drug-likeness (QED) is 0.678. The van der Waals surface area contributed by atoms with E-state index in [2.05, 4.69) is 4.98 Å². The summed E-state index contributed by atoms with van der Waals surface area (Å²) in [5, 5.41) is 0.439. The zero-order valence-corrected chi connectivity index (χ0v) is 11.9. The summed E-state index contributed by atoms with van der Waals surface area (Å²) in [5.74, 6) is -0.432. The van der Waals surface area contributed by atoms with Gasteiger partial charge >= 0.3 is 5.69 Å². The second-order valence-electron chi connectivity index (χ2n) is 4.81. The van der Waals surface area contributed by atoms with E-state index in [1.165, 1.54) is 6.07 Å². The van der Waals surface area contributed by atoms with Crippen molar-refractivity contribution in [2.75, 3.05) is 5.73 Å². The third-order valence-corrected chi connectivity index (χ3v) is 3.58. The Balaban J connectivity index is 2.25. The highest BCUT2D eigenvalue weighted by Gasteiger charge is 2.16. The third kappa shape index (κ3) is 2.21. The number of hydrogen-bond acceptors (Lipinski definition) is 3. The van der Waals surface area contributed by atoms with Crippen LogP contribution >= 0.6 is 11.6 Å². The van der Waals surface area contributed by atoms with Gasteiger partial charge in [-0.2, -0.15) is 0 Å². The maximum atomic E-state index is 12.5. The molecule has 0 aliphatic rings. The SMILES string of the molecule is Cc1cc2c(cc1N)[nH]c(=O)n2C(=O)c1cccc(Cl)c1. The lowest BCUT2D eigenvalue weighted by Crippen LogP contribution is -2.24. The van der Waals surface area contributed by atoms with Gasteiger partial charge in [-0.3, -0.25) is 4.79 Å². The Labute approximate surface area is 125 Å². The van der Waals surface area contributed by atoms with Crippen LogP contribution in [0.3, 0.4) is 0 Å². The van der Waals surface area contributed by atoms with Gasteiger partial charge in [-0.05, 0) is 42.8 Å². The minimum absolute atomic E-state index is 0.347. The fraction of sp³-hybridized carbons (Fsp3) is 0.0667. The summed E-state index contributed by atoms with van der Waals surface area (Å²) in [6, 6.07) is 9.83. The largest absolute Gasteiger partial charge is 0.398 e. The number of nitrogens with two attached hydrogens (primary N) is 1. The Kier molecular flexibility index (Phi) is 3.07. The second-order valence-corrected chi connectivity index (χ2v) is 5.24. The molecule has 0 fully saturated rings. The highest BCUT2D eigenvalue weighted by atomic mass is 35.5. The van der Waals surface area contributed by atoms with Crippen LogP contribution in [0.1, 0.15) is 15.9 Å². The Hall–Kier alpha value is -2.53. The van der Waals surface area contributed by atoms with Gasteiger partial charge in [0.25, 0.3) is 5.91 Å². The van der Waals surface area contributed by atoms with Crippen LogP contribution in [0.15, 0.2) is 41.2 Å². The molecule has 0 atom stereocenters. The predicted octanol–water partition coefficient (Wildman–Crippen LogP) is 2.56. The minimum atomic E-state index is -0.500. The summed E-state index contributed by atoms with van der Waals surface area (Å²) in [7, 11) is 0. The number of H-pyrrole nitrogens is 1. The first kappa shape index (κ1) is 13.5. The van der Waals surface area contributed by atoms with E-state index in [4.69, 9.17) is 17.3 Å². The summed E-state index contributed by atoms with van der Waals surface area (Å²) >= 11 is 5.89. The van der Waals surface area contributed by atoms with Crippen molar-refractivity contribution in [1.82, 2.24) is 9.55 Å². The third-order valence-electron chi connectivity index (χ3n) is 3.34. The number of nitrogens with one attached hydrogen (secondary N) is 1. The number of hydrogen-bond donors (Lipinski definition) is 2. The zero-order valence-electron chi connectivity index (χ0n) is 11.2. The van der Waals surface area contributed by atoms with Crippen LogP contribution in [-0.2, 0) is 0 Å². The average molecular weight is 302 g/mol. The highest BCUT2D eigenvalue weighted by molar-refractivity contribution is 6.31. The van der Waals surface area contributed by atoms with Crippen molar-refractivity contribution in [3.05, 3.63) is 63.0 Å². The normalized spacial score (nSPS) is 11.0. The highest BCUT2D eigenvalue weighted by Crippen LogP contribution is 2.20. The van der Waals surface area contributed by atoms with E-state index in [1.54, 1.807) is 30.3 Å². The van der Waals surface area contributed by atoms with Gasteiger partial charge < -0.3 is 10.7 Å². The second kappa shape index (κ2) is 4.79. The molecule has 0 amide bonds. The molecule has 5 nitrogen and oxygen atoms in total. The number of nitrogen functional groups attached to an aromatic ring is 1. The molecule has 0 aliphatic heterocycles. The number of fused-ring (bicyclic) bond motifs is 1. The number of imidazole rings is 1. The lowest BCUT2D eigenvalue weighted by molar-refractivity contribution is 0.0961. The van der Waals surface area contributed by atoms with Crippen molar-refractivity contribution in [1.29, 1.82) is 0 Å². The first-order chi connectivity index (χ1) is 9.97. The van der Waals surface area contributed by atoms with Crippen molar-refractivity contribution in [2.24, 2.45) is 0 Å². The maximum absolute atomic E-state index is 12.5. The topological polar surface area (TPSA) is 80.9 Å². The summed E-state index contributed by atoms with van der Waals surface area (Å²) in [4.78, 5) is 27.3. The molecule has 0 bridgehead atoms. The van der Waals surface area contributed by atoms with E-state index in [-0.39, 0.29) is 0 Å². The Morgan fingerprint density at radius 3 is 2.76 bits per heavy atom. The fourth-order valence-corrected chi connectivity index (χ4v) is 2.42. The molecule has 0 unspecified atom stereocenters. The molecule has 1 heterocycles. The van der Waals surface area contributed by atoms with Crippen LogP contribution in [0.25, 0.3) is 11.0 Å². The predicted molar refractivity (Wildman–Crippen MR) is 82.9 cm³/mol. The standard InChI is InChI=1S/C15H12ClN3O2/c1-8-5-13-12(7-11(8)17)18-15(21)19(13)14(20)9-3-2-4-10(16)6-9/h2-7H,17H2,1H3,(H,18,21). The van der Waals surface area contributed by atoms with E-state index < -0.39 is 11.6 Å². The molecule has 2 aromatic carbocycles. The molecule has 3 aromatic rings. The lowest BCUT2D eigenvalue weighted by atomic mass is 10.1. The maximum Gasteiger partial charge on any atom is 0.333 e. The number of aromatic amines is 1. The number of rotatable bonds is 1. The molecule has 0 saturated heterocycles. The molecule has 1 aromatic heterocycles. The fourth-order valence-electron chi connectivity index (χ4n) is 2.23. The van der Waals surface area contributed by atoms with E-state index >= 15 is 0 Å². The van der Waals surface area contributed by atoms with E-state index in [9.17, 15) is 9.59 Å². The van der Waals surface area contributed by atoms with Crippen molar-refractivity contribution in [2.45, 2.75) is 6.92 Å². The van der Waals surface area contributed by atoms with Crippen LogP contribution in [-0.4, -0.2) is 15.5 Å². The smallest absolute Gasteiger partial charge is 0.333 e. The van der Waals surface area contributed by atoms with Crippen molar-refractivity contribution >= 4 is 34.2 Å². The molecule has 3 rings (SSSR count). The first-order valence-corrected chi connectivity index (χ1v) is 6.66. The van der Waals surface area contributed by atoms with E-state index in [0.29, 0.717) is 27.3 Å². The minimum Gasteiger partial charge on any atom is -0.398 e. The van der Waals surface area contributed by atoms with Crippen LogP contribution in [0.5, 0.6) is 0 Å². The number of benzene rings is 2. The summed E-state index contributed by atoms with van der Waals surface area (Å²) in [6.07, 6.45) is 0. The van der Waals surface area contributed by atoms with Crippen LogP contribution in [0.4, 0.5) is 5.69 Å². The molecule has 6 heteroatoms. The summed E-state index contributed by atoms with van der Waals surface area (Å²) in [5.41, 5.74) is 8.05. The van der Waals surface area contributed by atoms with Gasteiger partial charge in [-0.1, -0.05) is 17.7 Å². The Bertz CT molecular complexity index is 924. The lowest BCUT2D eigenvalue weighted by Gasteiger charge is -2.04. The summed E-state index contributed by atoms with van der Waals surface area (Å²) < 4.78 is 1.09. The van der Waals surface area contributed by atoms with Gasteiger partial charge in [0.2, 0.25) is 0 Å². The molecule has 21 heavy (non-hydrogen) atoms. The molecule has 0 radical (unpaired) electrons. The molecular weight excluding hydrogens is 290 g/mol. The summed E-state index contributed by atoms with van der Waals surface area (Å²) in [6.45, 7) is 1.82. The van der Waals surface area contributed by atoms with Gasteiger partial charge in [0.05, 0.1) is 11.0 Å². The van der Waals surface area contributed by atoms with E-state index in [1.807, 2.05) is 6.92 Å². The van der Waals surface area contributed by atoms with Crippen molar-refractivity contribution < 1.29 is 4.79 Å². The number of anilines is 1. The number of aromatic nitrogens is 2. The van der Waals surface area contributed by atoms with Gasteiger partial charge in [-0.15, -0.1) is 0 Å². The number of nitrogens with zero attached hydrogens (tertiary/aromatic N) is 1. The molecule has 0 aliphatic carbocycles. The van der Waals surface area contributed by atoms with Crippen LogP contribution in [0.2, 0.25) is 5.02 Å². The van der Waals surface area contributed by atoms with Gasteiger partial charge in [-0.25, -0.2) is 9.36 Å². The molecule has 0 spiro atoms.